The van der Waals surface area contributed by atoms with E-state index in [1.54, 1.807) is 6.92 Å². The minimum atomic E-state index is -1.02. The monoisotopic (exact) mass is 404 g/mol. The summed E-state index contributed by atoms with van der Waals surface area (Å²) in [5.74, 6) is -0.857. The van der Waals surface area contributed by atoms with E-state index in [1.165, 1.54) is 4.57 Å². The smallest absolute Gasteiger partial charge is 0.329 e. The summed E-state index contributed by atoms with van der Waals surface area (Å²) in [5, 5.41) is 20.7. The van der Waals surface area contributed by atoms with Gasteiger partial charge >= 0.3 is 5.69 Å². The number of hydrogen-bond donors (Lipinski definition) is 4. The number of anilines is 2. The number of nitrogens with two attached hydrogens (primary N) is 1. The third-order valence-corrected chi connectivity index (χ3v) is 6.78. The summed E-state index contributed by atoms with van der Waals surface area (Å²) in [4.78, 5) is 29.0. The molecule has 3 aliphatic rings. The molecular formula is C20H25FN4O4. The summed E-state index contributed by atoms with van der Waals surface area (Å²) in [7, 11) is 0. The molecule has 2 heterocycles. The van der Waals surface area contributed by atoms with E-state index in [2.05, 4.69) is 4.98 Å². The fraction of sp³-hybridized carbons (Fsp3) is 0.600. The highest BCUT2D eigenvalue weighted by atomic mass is 19.1. The molecule has 8 nitrogen and oxygen atoms in total. The zero-order valence-electron chi connectivity index (χ0n) is 16.2. The van der Waals surface area contributed by atoms with Crippen LogP contribution in [0.2, 0.25) is 0 Å². The average molecular weight is 404 g/mol. The number of nitrogen functional groups attached to an aromatic ring is 1. The molecule has 0 bridgehead atoms. The molecule has 2 atom stereocenters. The number of aliphatic hydroxyl groups is 2. The van der Waals surface area contributed by atoms with E-state index in [4.69, 9.17) is 5.73 Å². The molecule has 0 amide bonds. The van der Waals surface area contributed by atoms with Gasteiger partial charge in [-0.25, -0.2) is 9.18 Å². The maximum absolute atomic E-state index is 15.3. The molecule has 1 aromatic carbocycles. The minimum Gasteiger partial charge on any atom is -0.396 e. The topological polar surface area (TPSA) is 125 Å². The summed E-state index contributed by atoms with van der Waals surface area (Å²) in [6.45, 7) is 2.58. The molecule has 5 rings (SSSR count). The van der Waals surface area contributed by atoms with Gasteiger partial charge in [-0.2, -0.15) is 0 Å². The minimum absolute atomic E-state index is 0.0123. The Labute approximate surface area is 165 Å². The molecule has 2 unspecified atom stereocenters. The zero-order chi connectivity index (χ0) is 20.7. The van der Waals surface area contributed by atoms with Crippen LogP contribution in [0.15, 0.2) is 9.59 Å². The number of hydrogen-bond acceptors (Lipinski definition) is 6. The van der Waals surface area contributed by atoms with Crippen LogP contribution in [0.3, 0.4) is 0 Å². The number of aromatic nitrogens is 2. The number of nitrogens with one attached hydrogen (secondary N) is 1. The van der Waals surface area contributed by atoms with E-state index in [1.807, 2.05) is 4.90 Å². The van der Waals surface area contributed by atoms with Crippen molar-refractivity contribution in [2.24, 2.45) is 5.92 Å². The molecule has 2 aliphatic carbocycles. The van der Waals surface area contributed by atoms with Gasteiger partial charge in [-0.05, 0) is 39.0 Å². The number of halogens is 1. The average Bonchev–Trinajstić information content (AvgIpc) is 3.59. The Morgan fingerprint density at radius 2 is 1.97 bits per heavy atom. The van der Waals surface area contributed by atoms with Crippen LogP contribution in [0.5, 0.6) is 0 Å². The fourth-order valence-corrected chi connectivity index (χ4v) is 4.85. The highest BCUT2D eigenvalue weighted by Gasteiger charge is 2.51. The van der Waals surface area contributed by atoms with Crippen molar-refractivity contribution in [2.45, 2.75) is 56.8 Å². The standard InChI is InChI=1S/C20H25FN4O4/c1-9-15-12(18(27)23-19(28)25(15)11-2-3-11)14(22)13(21)16(9)24-7-4-10(8-24)17(26)20(29)5-6-20/h10-11,17,26,29H,2-8,22H2,1H3,(H,23,27,28). The number of H-pyrrole nitrogens is 1. The molecule has 1 aromatic heterocycles. The van der Waals surface area contributed by atoms with Crippen molar-refractivity contribution in [3.8, 4) is 0 Å². The maximum atomic E-state index is 15.3. The van der Waals surface area contributed by atoms with Crippen LogP contribution in [0, 0.1) is 18.7 Å². The molecular weight excluding hydrogens is 379 g/mol. The van der Waals surface area contributed by atoms with E-state index < -0.39 is 28.8 Å². The predicted octanol–water partition coefficient (Wildman–Crippen LogP) is 0.767. The van der Waals surface area contributed by atoms with Crippen LogP contribution in [-0.2, 0) is 0 Å². The van der Waals surface area contributed by atoms with Gasteiger partial charge in [0.15, 0.2) is 5.82 Å². The molecule has 1 aliphatic heterocycles. The van der Waals surface area contributed by atoms with Gasteiger partial charge in [0, 0.05) is 30.6 Å². The lowest BCUT2D eigenvalue weighted by atomic mass is 9.95. The number of benzene rings is 1. The normalized spacial score (nSPS) is 24.3. The highest BCUT2D eigenvalue weighted by molar-refractivity contribution is 5.97. The molecule has 9 heteroatoms. The molecule has 29 heavy (non-hydrogen) atoms. The summed E-state index contributed by atoms with van der Waals surface area (Å²) < 4.78 is 16.9. The Kier molecular flexibility index (Phi) is 3.89. The Morgan fingerprint density at radius 1 is 1.28 bits per heavy atom. The van der Waals surface area contributed by atoms with Crippen LogP contribution >= 0.6 is 0 Å². The second-order valence-electron chi connectivity index (χ2n) is 8.83. The van der Waals surface area contributed by atoms with Gasteiger partial charge in [0.25, 0.3) is 5.56 Å². The second kappa shape index (κ2) is 6.06. The third-order valence-electron chi connectivity index (χ3n) is 6.78. The van der Waals surface area contributed by atoms with Crippen LogP contribution in [-0.4, -0.2) is 44.6 Å². The Morgan fingerprint density at radius 3 is 2.59 bits per heavy atom. The third kappa shape index (κ3) is 2.71. The lowest BCUT2D eigenvalue weighted by Crippen LogP contribution is -2.37. The van der Waals surface area contributed by atoms with E-state index in [0.717, 1.165) is 12.8 Å². The SMILES string of the molecule is Cc1c(N2CCC(C(O)C3(O)CC3)C2)c(F)c(N)c2c(=O)[nH]c(=O)n(C3CC3)c12. The van der Waals surface area contributed by atoms with Crippen molar-refractivity contribution >= 4 is 22.3 Å². The number of fused-ring (bicyclic) bond motifs is 1. The first-order valence-electron chi connectivity index (χ1n) is 10.1. The first kappa shape index (κ1) is 18.6. The van der Waals surface area contributed by atoms with Gasteiger partial charge in [-0.3, -0.25) is 14.3 Å². The number of aliphatic hydroxyl groups excluding tert-OH is 1. The second-order valence-corrected chi connectivity index (χ2v) is 8.83. The largest absolute Gasteiger partial charge is 0.396 e. The molecule has 0 radical (unpaired) electrons. The van der Waals surface area contributed by atoms with E-state index in [0.29, 0.717) is 43.4 Å². The first-order chi connectivity index (χ1) is 13.7. The number of rotatable bonds is 4. The molecule has 0 spiro atoms. The van der Waals surface area contributed by atoms with Gasteiger partial charge in [0.2, 0.25) is 0 Å². The fourth-order valence-electron chi connectivity index (χ4n) is 4.85. The summed E-state index contributed by atoms with van der Waals surface area (Å²) in [6, 6.07) is -0.0180. The van der Waals surface area contributed by atoms with Gasteiger partial charge in [-0.15, -0.1) is 0 Å². The summed E-state index contributed by atoms with van der Waals surface area (Å²) in [5.41, 5.74) is 4.74. The summed E-state index contributed by atoms with van der Waals surface area (Å²) >= 11 is 0. The number of aryl methyl sites for hydroxylation is 1. The maximum Gasteiger partial charge on any atom is 0.329 e. The predicted molar refractivity (Wildman–Crippen MR) is 107 cm³/mol. The lowest BCUT2D eigenvalue weighted by Gasteiger charge is -2.27. The van der Waals surface area contributed by atoms with E-state index in [-0.39, 0.29) is 28.7 Å². The van der Waals surface area contributed by atoms with Crippen molar-refractivity contribution in [3.63, 3.8) is 0 Å². The molecule has 2 aromatic rings. The molecule has 2 saturated carbocycles. The molecule has 3 fully saturated rings. The molecule has 156 valence electrons. The number of aromatic amines is 1. The van der Waals surface area contributed by atoms with Crippen molar-refractivity contribution in [1.29, 1.82) is 0 Å². The first-order valence-corrected chi connectivity index (χ1v) is 10.1. The van der Waals surface area contributed by atoms with Crippen molar-refractivity contribution in [1.82, 2.24) is 9.55 Å². The van der Waals surface area contributed by atoms with Crippen LogP contribution < -0.4 is 21.9 Å². The number of nitrogens with zero attached hydrogens (tertiary/aromatic N) is 2. The lowest BCUT2D eigenvalue weighted by molar-refractivity contribution is -0.0299. The van der Waals surface area contributed by atoms with Gasteiger partial charge < -0.3 is 20.8 Å². The van der Waals surface area contributed by atoms with Gasteiger partial charge in [-0.1, -0.05) is 0 Å². The van der Waals surface area contributed by atoms with E-state index in [9.17, 15) is 19.8 Å². The molecule has 5 N–H and O–H groups in total. The van der Waals surface area contributed by atoms with Crippen molar-refractivity contribution < 1.29 is 14.6 Å². The Balaban J connectivity index is 1.64. The van der Waals surface area contributed by atoms with Crippen molar-refractivity contribution in [3.05, 3.63) is 32.2 Å². The van der Waals surface area contributed by atoms with Gasteiger partial charge in [0.1, 0.15) is 0 Å². The zero-order valence-corrected chi connectivity index (χ0v) is 16.2. The summed E-state index contributed by atoms with van der Waals surface area (Å²) in [6.07, 6.45) is 2.58. The van der Waals surface area contributed by atoms with Crippen molar-refractivity contribution in [2.75, 3.05) is 23.7 Å². The Hall–Kier alpha value is -2.39. The Bertz CT molecular complexity index is 1130. The van der Waals surface area contributed by atoms with Crippen LogP contribution in [0.25, 0.3) is 10.9 Å². The van der Waals surface area contributed by atoms with Gasteiger partial charge in [0.05, 0.1) is 34.0 Å². The highest BCUT2D eigenvalue weighted by Crippen LogP contribution is 2.45. The van der Waals surface area contributed by atoms with E-state index >= 15 is 4.39 Å². The quantitative estimate of drug-likeness (QED) is 0.558. The van der Waals surface area contributed by atoms with Crippen LogP contribution in [0.4, 0.5) is 15.8 Å². The van der Waals surface area contributed by atoms with Crippen LogP contribution in [0.1, 0.15) is 43.7 Å². The molecule has 1 saturated heterocycles.